The van der Waals surface area contributed by atoms with Crippen LogP contribution in [0.1, 0.15) is 25.5 Å². The van der Waals surface area contributed by atoms with Crippen molar-refractivity contribution in [1.29, 1.82) is 0 Å². The van der Waals surface area contributed by atoms with Crippen molar-refractivity contribution in [2.45, 2.75) is 25.9 Å². The number of carbonyl (C=O) groups is 1. The van der Waals surface area contributed by atoms with Crippen LogP contribution in [-0.2, 0) is 4.79 Å². The number of hydrogen-bond acceptors (Lipinski definition) is 4. The van der Waals surface area contributed by atoms with E-state index in [0.717, 1.165) is 11.3 Å². The fourth-order valence-electron chi connectivity index (χ4n) is 2.07. The Morgan fingerprint density at radius 1 is 1.14 bits per heavy atom. The fourth-order valence-corrected chi connectivity index (χ4v) is 2.07. The molecule has 1 aromatic carbocycles. The lowest BCUT2D eigenvalue weighted by Crippen LogP contribution is -2.38. The van der Waals surface area contributed by atoms with Crippen LogP contribution in [0.15, 0.2) is 48.7 Å². The van der Waals surface area contributed by atoms with Gasteiger partial charge < -0.3 is 15.4 Å². The van der Waals surface area contributed by atoms with Gasteiger partial charge in [0.25, 0.3) is 0 Å². The second-order valence-corrected chi connectivity index (χ2v) is 5.10. The molecular formula is C17H21N3O2. The number of nitrogens with zero attached hydrogens (tertiary/aromatic N) is 1. The summed E-state index contributed by atoms with van der Waals surface area (Å²) in [6.07, 6.45) is 1.64. The number of nitrogens with one attached hydrogen (secondary N) is 2. The van der Waals surface area contributed by atoms with E-state index < -0.39 is 0 Å². The number of amides is 1. The zero-order chi connectivity index (χ0) is 15.9. The number of methoxy groups -OCH3 is 1. The lowest BCUT2D eigenvalue weighted by molar-refractivity contribution is -0.122. The topological polar surface area (TPSA) is 63.2 Å². The molecule has 1 heterocycles. The first-order chi connectivity index (χ1) is 10.6. The molecule has 0 fully saturated rings. The summed E-state index contributed by atoms with van der Waals surface area (Å²) in [6.45, 7) is 3.78. The average molecular weight is 299 g/mol. The van der Waals surface area contributed by atoms with Gasteiger partial charge in [0, 0.05) is 6.07 Å². The van der Waals surface area contributed by atoms with Gasteiger partial charge in [-0.2, -0.15) is 0 Å². The SMILES string of the molecule is COc1ccc(N[C@@H](C)C(=O)N[C@H](C)c2ccccc2)cn1. The molecule has 0 radical (unpaired) electrons. The first-order valence-electron chi connectivity index (χ1n) is 7.22. The van der Waals surface area contributed by atoms with Crippen molar-refractivity contribution in [3.05, 3.63) is 54.2 Å². The Morgan fingerprint density at radius 3 is 2.45 bits per heavy atom. The molecule has 0 spiro atoms. The molecule has 0 saturated heterocycles. The van der Waals surface area contributed by atoms with Gasteiger partial charge in [-0.1, -0.05) is 30.3 Å². The molecule has 0 bridgehead atoms. The molecular weight excluding hydrogens is 278 g/mol. The van der Waals surface area contributed by atoms with Crippen LogP contribution in [0, 0.1) is 0 Å². The summed E-state index contributed by atoms with van der Waals surface area (Å²) >= 11 is 0. The highest BCUT2D eigenvalue weighted by Gasteiger charge is 2.16. The number of rotatable bonds is 6. The standard InChI is InChI=1S/C17H21N3O2/c1-12(14-7-5-4-6-8-14)20-17(21)13(2)19-15-9-10-16(22-3)18-11-15/h4-13,19H,1-3H3,(H,20,21)/t12-,13+/m1/s1. The van der Waals surface area contributed by atoms with Crippen LogP contribution in [0.4, 0.5) is 5.69 Å². The van der Waals surface area contributed by atoms with Gasteiger partial charge in [0.15, 0.2) is 0 Å². The molecule has 22 heavy (non-hydrogen) atoms. The predicted octanol–water partition coefficient (Wildman–Crippen LogP) is 2.77. The Kier molecular flexibility index (Phi) is 5.36. The van der Waals surface area contributed by atoms with Crippen LogP contribution < -0.4 is 15.4 Å². The van der Waals surface area contributed by atoms with Crippen LogP contribution in [0.2, 0.25) is 0 Å². The lowest BCUT2D eigenvalue weighted by Gasteiger charge is -2.19. The zero-order valence-electron chi connectivity index (χ0n) is 13.0. The molecule has 5 nitrogen and oxygen atoms in total. The summed E-state index contributed by atoms with van der Waals surface area (Å²) < 4.78 is 5.01. The predicted molar refractivity (Wildman–Crippen MR) is 86.9 cm³/mol. The molecule has 1 aromatic heterocycles. The van der Waals surface area contributed by atoms with Crippen LogP contribution in [-0.4, -0.2) is 24.0 Å². The number of anilines is 1. The molecule has 1 amide bonds. The number of carbonyl (C=O) groups excluding carboxylic acids is 1. The highest BCUT2D eigenvalue weighted by Crippen LogP contribution is 2.14. The van der Waals surface area contributed by atoms with Crippen molar-refractivity contribution in [3.8, 4) is 5.88 Å². The van der Waals surface area contributed by atoms with E-state index in [1.165, 1.54) is 0 Å². The Bertz CT molecular complexity index is 599. The smallest absolute Gasteiger partial charge is 0.242 e. The lowest BCUT2D eigenvalue weighted by atomic mass is 10.1. The number of aromatic nitrogens is 1. The minimum absolute atomic E-state index is 0.0352. The number of pyridine rings is 1. The van der Waals surface area contributed by atoms with Gasteiger partial charge in [-0.05, 0) is 25.5 Å². The molecule has 0 aliphatic rings. The maximum absolute atomic E-state index is 12.2. The average Bonchev–Trinajstić information content (AvgIpc) is 2.56. The van der Waals surface area contributed by atoms with Crippen molar-refractivity contribution in [2.24, 2.45) is 0 Å². The molecule has 2 N–H and O–H groups in total. The normalized spacial score (nSPS) is 13.0. The van der Waals surface area contributed by atoms with Crippen molar-refractivity contribution in [3.63, 3.8) is 0 Å². The van der Waals surface area contributed by atoms with Gasteiger partial charge in [0.2, 0.25) is 11.8 Å². The second kappa shape index (κ2) is 7.45. The Balaban J connectivity index is 1.91. The van der Waals surface area contributed by atoms with Crippen LogP contribution in [0.5, 0.6) is 5.88 Å². The Morgan fingerprint density at radius 2 is 1.86 bits per heavy atom. The Hall–Kier alpha value is -2.56. The van der Waals surface area contributed by atoms with E-state index in [0.29, 0.717) is 5.88 Å². The van der Waals surface area contributed by atoms with E-state index in [9.17, 15) is 4.79 Å². The maximum atomic E-state index is 12.2. The van der Waals surface area contributed by atoms with E-state index in [1.54, 1.807) is 19.4 Å². The number of benzene rings is 1. The molecule has 0 aliphatic carbocycles. The monoisotopic (exact) mass is 299 g/mol. The molecule has 2 aromatic rings. The van der Waals surface area contributed by atoms with Crippen molar-refractivity contribution >= 4 is 11.6 Å². The number of ether oxygens (including phenoxy) is 1. The molecule has 116 valence electrons. The zero-order valence-corrected chi connectivity index (χ0v) is 13.0. The quantitative estimate of drug-likeness (QED) is 0.861. The summed E-state index contributed by atoms with van der Waals surface area (Å²) in [5, 5.41) is 6.11. The van der Waals surface area contributed by atoms with E-state index in [4.69, 9.17) is 4.74 Å². The number of hydrogen-bond donors (Lipinski definition) is 2. The minimum atomic E-state index is -0.360. The highest BCUT2D eigenvalue weighted by atomic mass is 16.5. The van der Waals surface area contributed by atoms with E-state index in [2.05, 4.69) is 15.6 Å². The van der Waals surface area contributed by atoms with Crippen molar-refractivity contribution in [2.75, 3.05) is 12.4 Å². The summed E-state index contributed by atoms with van der Waals surface area (Å²) in [6, 6.07) is 13.1. The first kappa shape index (κ1) is 15.8. The maximum Gasteiger partial charge on any atom is 0.242 e. The largest absolute Gasteiger partial charge is 0.481 e. The molecule has 0 aliphatic heterocycles. The second-order valence-electron chi connectivity index (χ2n) is 5.10. The molecule has 2 atom stereocenters. The van der Waals surface area contributed by atoms with E-state index in [-0.39, 0.29) is 18.0 Å². The van der Waals surface area contributed by atoms with Crippen LogP contribution >= 0.6 is 0 Å². The van der Waals surface area contributed by atoms with Gasteiger partial charge >= 0.3 is 0 Å². The summed E-state index contributed by atoms with van der Waals surface area (Å²) in [7, 11) is 1.57. The van der Waals surface area contributed by atoms with Crippen LogP contribution in [0.25, 0.3) is 0 Å². The molecule has 2 rings (SSSR count). The summed E-state index contributed by atoms with van der Waals surface area (Å²) in [5.74, 6) is 0.479. The Labute approximate surface area is 130 Å². The third-order valence-corrected chi connectivity index (χ3v) is 3.38. The van der Waals surface area contributed by atoms with Crippen molar-refractivity contribution in [1.82, 2.24) is 10.3 Å². The van der Waals surface area contributed by atoms with E-state index in [1.807, 2.05) is 50.2 Å². The minimum Gasteiger partial charge on any atom is -0.481 e. The van der Waals surface area contributed by atoms with Gasteiger partial charge in [-0.15, -0.1) is 0 Å². The summed E-state index contributed by atoms with van der Waals surface area (Å²) in [4.78, 5) is 16.3. The third-order valence-electron chi connectivity index (χ3n) is 3.38. The highest BCUT2D eigenvalue weighted by molar-refractivity contribution is 5.84. The summed E-state index contributed by atoms with van der Waals surface area (Å²) in [5.41, 5.74) is 1.85. The van der Waals surface area contributed by atoms with Gasteiger partial charge in [-0.25, -0.2) is 4.98 Å². The third kappa shape index (κ3) is 4.22. The molecule has 0 saturated carbocycles. The fraction of sp³-hybridized carbons (Fsp3) is 0.294. The molecule has 0 unspecified atom stereocenters. The van der Waals surface area contributed by atoms with Gasteiger partial charge in [0.1, 0.15) is 6.04 Å². The van der Waals surface area contributed by atoms with Crippen LogP contribution in [0.3, 0.4) is 0 Å². The van der Waals surface area contributed by atoms with Crippen molar-refractivity contribution < 1.29 is 9.53 Å². The van der Waals surface area contributed by atoms with Gasteiger partial charge in [-0.3, -0.25) is 4.79 Å². The molecule has 5 heteroatoms. The van der Waals surface area contributed by atoms with Gasteiger partial charge in [0.05, 0.1) is 25.0 Å². The van der Waals surface area contributed by atoms with E-state index >= 15 is 0 Å². The first-order valence-corrected chi connectivity index (χ1v) is 7.22.